The van der Waals surface area contributed by atoms with Crippen molar-refractivity contribution in [3.8, 4) is 0 Å². The monoisotopic (exact) mass is 357 g/mol. The van der Waals surface area contributed by atoms with E-state index in [0.29, 0.717) is 12.3 Å². The molecule has 0 aromatic heterocycles. The third-order valence-electron chi connectivity index (χ3n) is 4.13. The fourth-order valence-corrected chi connectivity index (χ4v) is 3.65. The number of ether oxygens (including phenoxy) is 1. The van der Waals surface area contributed by atoms with Gasteiger partial charge in [-0.3, -0.25) is 10.1 Å². The first-order chi connectivity index (χ1) is 11.3. The largest absolute Gasteiger partial charge is 0.383 e. The Morgan fingerprint density at radius 2 is 2.04 bits per heavy atom. The van der Waals surface area contributed by atoms with Gasteiger partial charge in [0.15, 0.2) is 9.84 Å². The summed E-state index contributed by atoms with van der Waals surface area (Å²) in [5.41, 5.74) is 0.203. The summed E-state index contributed by atoms with van der Waals surface area (Å²) in [7, 11) is -1.88. The first kappa shape index (κ1) is 18.6. The highest BCUT2D eigenvalue weighted by Crippen LogP contribution is 2.28. The van der Waals surface area contributed by atoms with Crippen molar-refractivity contribution < 1.29 is 18.1 Å². The average Bonchev–Trinajstić information content (AvgIpc) is 2.53. The zero-order valence-corrected chi connectivity index (χ0v) is 14.7. The number of likely N-dealkylation sites (tertiary alicyclic amines) is 1. The SMILES string of the molecule is COCCN1CCC(Nc2ccc([N+](=O)[O-])cc2S(C)(=O)=O)CC1. The Morgan fingerprint density at radius 1 is 1.38 bits per heavy atom. The first-order valence-corrected chi connectivity index (χ1v) is 9.66. The van der Waals surface area contributed by atoms with Gasteiger partial charge in [0.25, 0.3) is 5.69 Å². The van der Waals surface area contributed by atoms with Gasteiger partial charge in [0.1, 0.15) is 0 Å². The summed E-state index contributed by atoms with van der Waals surface area (Å²) >= 11 is 0. The molecule has 1 fully saturated rings. The van der Waals surface area contributed by atoms with E-state index in [1.807, 2.05) is 0 Å². The zero-order valence-electron chi connectivity index (χ0n) is 13.9. The van der Waals surface area contributed by atoms with Gasteiger partial charge in [0.05, 0.1) is 22.1 Å². The van der Waals surface area contributed by atoms with Gasteiger partial charge in [-0.05, 0) is 18.9 Å². The summed E-state index contributed by atoms with van der Waals surface area (Å²) in [5, 5.41) is 14.1. The number of piperidine rings is 1. The number of nitrogens with one attached hydrogen (secondary N) is 1. The van der Waals surface area contributed by atoms with Gasteiger partial charge in [-0.2, -0.15) is 0 Å². The van der Waals surface area contributed by atoms with Crippen molar-refractivity contribution in [3.63, 3.8) is 0 Å². The fraction of sp³-hybridized carbons (Fsp3) is 0.600. The number of rotatable bonds is 7. The van der Waals surface area contributed by atoms with Crippen molar-refractivity contribution in [2.24, 2.45) is 0 Å². The number of sulfone groups is 1. The van der Waals surface area contributed by atoms with Crippen LogP contribution in [0.5, 0.6) is 0 Å². The van der Waals surface area contributed by atoms with Crippen molar-refractivity contribution in [1.82, 2.24) is 4.90 Å². The van der Waals surface area contributed by atoms with E-state index in [4.69, 9.17) is 4.74 Å². The van der Waals surface area contributed by atoms with Crippen LogP contribution >= 0.6 is 0 Å². The molecule has 0 unspecified atom stereocenters. The molecule has 2 rings (SSSR count). The Bertz CT molecular complexity index is 684. The van der Waals surface area contributed by atoms with E-state index in [-0.39, 0.29) is 16.6 Å². The van der Waals surface area contributed by atoms with E-state index < -0.39 is 14.8 Å². The number of anilines is 1. The van der Waals surface area contributed by atoms with E-state index >= 15 is 0 Å². The molecule has 0 atom stereocenters. The maximum absolute atomic E-state index is 12.0. The summed E-state index contributed by atoms with van der Waals surface area (Å²) in [4.78, 5) is 12.6. The van der Waals surface area contributed by atoms with Crippen LogP contribution in [-0.2, 0) is 14.6 Å². The molecule has 1 saturated heterocycles. The molecular weight excluding hydrogens is 334 g/mol. The first-order valence-electron chi connectivity index (χ1n) is 7.77. The molecule has 1 heterocycles. The van der Waals surface area contributed by atoms with Gasteiger partial charge in [-0.1, -0.05) is 0 Å². The van der Waals surface area contributed by atoms with Crippen molar-refractivity contribution in [2.45, 2.75) is 23.8 Å². The number of non-ortho nitro benzene ring substituents is 1. The molecule has 1 N–H and O–H groups in total. The highest BCUT2D eigenvalue weighted by atomic mass is 32.2. The van der Waals surface area contributed by atoms with Crippen LogP contribution in [0.25, 0.3) is 0 Å². The molecule has 8 nitrogen and oxygen atoms in total. The van der Waals surface area contributed by atoms with Crippen LogP contribution in [0.1, 0.15) is 12.8 Å². The fourth-order valence-electron chi connectivity index (χ4n) is 2.79. The van der Waals surface area contributed by atoms with Crippen LogP contribution in [0.15, 0.2) is 23.1 Å². The van der Waals surface area contributed by atoms with Crippen LogP contribution < -0.4 is 5.32 Å². The van der Waals surface area contributed by atoms with Crippen LogP contribution in [-0.4, -0.2) is 63.9 Å². The minimum absolute atomic E-state index is 0.0292. The van der Waals surface area contributed by atoms with E-state index in [1.54, 1.807) is 7.11 Å². The van der Waals surface area contributed by atoms with Crippen LogP contribution in [0.2, 0.25) is 0 Å². The van der Waals surface area contributed by atoms with Crippen LogP contribution in [0, 0.1) is 10.1 Å². The number of hydrogen-bond donors (Lipinski definition) is 1. The number of nitro groups is 1. The summed E-state index contributed by atoms with van der Waals surface area (Å²) in [6.07, 6.45) is 2.82. The second-order valence-corrected chi connectivity index (χ2v) is 7.95. The molecule has 1 aromatic carbocycles. The Morgan fingerprint density at radius 3 is 2.58 bits per heavy atom. The van der Waals surface area contributed by atoms with Crippen LogP contribution in [0.3, 0.4) is 0 Å². The maximum Gasteiger partial charge on any atom is 0.270 e. The van der Waals surface area contributed by atoms with Crippen molar-refractivity contribution >= 4 is 21.2 Å². The average molecular weight is 357 g/mol. The van der Waals surface area contributed by atoms with E-state index in [9.17, 15) is 18.5 Å². The van der Waals surface area contributed by atoms with Crippen LogP contribution in [0.4, 0.5) is 11.4 Å². The molecule has 0 spiro atoms. The molecule has 134 valence electrons. The third kappa shape index (κ3) is 4.89. The molecule has 1 aromatic rings. The van der Waals surface area contributed by atoms with E-state index in [2.05, 4.69) is 10.2 Å². The molecule has 1 aliphatic rings. The number of benzene rings is 1. The molecule has 0 saturated carbocycles. The molecule has 0 bridgehead atoms. The smallest absolute Gasteiger partial charge is 0.270 e. The number of hydrogen-bond acceptors (Lipinski definition) is 7. The topological polar surface area (TPSA) is 102 Å². The number of nitrogens with zero attached hydrogens (tertiary/aromatic N) is 2. The van der Waals surface area contributed by atoms with Gasteiger partial charge in [0, 0.05) is 51.2 Å². The third-order valence-corrected chi connectivity index (χ3v) is 5.27. The second kappa shape index (κ2) is 7.91. The quantitative estimate of drug-likeness (QED) is 0.583. The Labute approximate surface area is 141 Å². The normalized spacial score (nSPS) is 16.9. The van der Waals surface area contributed by atoms with Gasteiger partial charge in [-0.15, -0.1) is 0 Å². The second-order valence-electron chi connectivity index (χ2n) is 5.96. The minimum Gasteiger partial charge on any atom is -0.383 e. The lowest BCUT2D eigenvalue weighted by Crippen LogP contribution is -2.40. The minimum atomic E-state index is -3.56. The predicted molar refractivity (Wildman–Crippen MR) is 91.2 cm³/mol. The maximum atomic E-state index is 12.0. The van der Waals surface area contributed by atoms with Gasteiger partial charge in [-0.25, -0.2) is 8.42 Å². The lowest BCUT2D eigenvalue weighted by Gasteiger charge is -2.32. The lowest BCUT2D eigenvalue weighted by molar-refractivity contribution is -0.385. The van der Waals surface area contributed by atoms with Gasteiger partial charge < -0.3 is 15.0 Å². The zero-order chi connectivity index (χ0) is 17.7. The summed E-state index contributed by atoms with van der Waals surface area (Å²) < 4.78 is 29.0. The van der Waals surface area contributed by atoms with Crippen molar-refractivity contribution in [2.75, 3.05) is 44.9 Å². The van der Waals surface area contributed by atoms with E-state index in [1.165, 1.54) is 12.1 Å². The van der Waals surface area contributed by atoms with E-state index in [0.717, 1.165) is 44.8 Å². The van der Waals surface area contributed by atoms with Crippen molar-refractivity contribution in [1.29, 1.82) is 0 Å². The highest BCUT2D eigenvalue weighted by Gasteiger charge is 2.23. The van der Waals surface area contributed by atoms with Crippen molar-refractivity contribution in [3.05, 3.63) is 28.3 Å². The Hall–Kier alpha value is -1.71. The molecule has 0 radical (unpaired) electrons. The Kier molecular flexibility index (Phi) is 6.14. The standard InChI is InChI=1S/C15H23N3O5S/c1-23-10-9-17-7-5-12(6-8-17)16-14-4-3-13(18(19)20)11-15(14)24(2,21)22/h3-4,11-12,16H,5-10H2,1-2H3. The summed E-state index contributed by atoms with van der Waals surface area (Å²) in [6, 6.07) is 4.06. The number of nitro benzene ring substituents is 1. The highest BCUT2D eigenvalue weighted by molar-refractivity contribution is 7.90. The lowest BCUT2D eigenvalue weighted by atomic mass is 10.0. The molecule has 24 heavy (non-hydrogen) atoms. The summed E-state index contributed by atoms with van der Waals surface area (Å²) in [5.74, 6) is 0. The molecular formula is C15H23N3O5S. The molecule has 9 heteroatoms. The van der Waals surface area contributed by atoms with Gasteiger partial charge in [0.2, 0.25) is 0 Å². The van der Waals surface area contributed by atoms with Gasteiger partial charge >= 0.3 is 0 Å². The predicted octanol–water partition coefficient (Wildman–Crippen LogP) is 1.52. The molecule has 1 aliphatic heterocycles. The summed E-state index contributed by atoms with van der Waals surface area (Å²) in [6.45, 7) is 3.39. The number of methoxy groups -OCH3 is 1. The molecule has 0 amide bonds. The Balaban J connectivity index is 2.09. The molecule has 0 aliphatic carbocycles.